The summed E-state index contributed by atoms with van der Waals surface area (Å²) in [5.74, 6) is -0.108. The van der Waals surface area contributed by atoms with Crippen molar-refractivity contribution in [3.8, 4) is 5.75 Å². The third-order valence-electron chi connectivity index (χ3n) is 4.65. The minimum atomic E-state index is -3.59. The van der Waals surface area contributed by atoms with Crippen molar-refractivity contribution in [2.24, 2.45) is 5.92 Å². The highest BCUT2D eigenvalue weighted by Crippen LogP contribution is 2.27. The summed E-state index contributed by atoms with van der Waals surface area (Å²) in [7, 11) is -2.07. The van der Waals surface area contributed by atoms with Crippen molar-refractivity contribution in [3.05, 3.63) is 59.9 Å². The minimum Gasteiger partial charge on any atom is -0.497 e. The van der Waals surface area contributed by atoms with Gasteiger partial charge in [-0.05, 0) is 61.4 Å². The van der Waals surface area contributed by atoms with E-state index in [2.05, 4.69) is 0 Å². The van der Waals surface area contributed by atoms with E-state index in [1.165, 1.54) is 47.8 Å². The number of sulfonamides is 1. The third-order valence-corrected chi connectivity index (χ3v) is 6.56. The maximum Gasteiger partial charge on any atom is 0.243 e. The average Bonchev–Trinajstić information content (AvgIpc) is 2.68. The predicted molar refractivity (Wildman–Crippen MR) is 95.2 cm³/mol. The van der Waals surface area contributed by atoms with Crippen LogP contribution in [0.1, 0.15) is 23.2 Å². The van der Waals surface area contributed by atoms with Crippen molar-refractivity contribution in [1.29, 1.82) is 0 Å². The Labute approximate surface area is 152 Å². The van der Waals surface area contributed by atoms with E-state index < -0.39 is 10.0 Å². The van der Waals surface area contributed by atoms with Gasteiger partial charge >= 0.3 is 0 Å². The first kappa shape index (κ1) is 18.5. The molecule has 3 rings (SSSR count). The highest BCUT2D eigenvalue weighted by molar-refractivity contribution is 7.89. The van der Waals surface area contributed by atoms with E-state index in [0.717, 1.165) is 0 Å². The molecule has 1 fully saturated rings. The summed E-state index contributed by atoms with van der Waals surface area (Å²) >= 11 is 0. The highest BCUT2D eigenvalue weighted by atomic mass is 32.2. The molecule has 2 aromatic rings. The molecule has 1 saturated heterocycles. The first-order chi connectivity index (χ1) is 12.4. The lowest BCUT2D eigenvalue weighted by molar-refractivity contribution is 0.0875. The van der Waals surface area contributed by atoms with Gasteiger partial charge < -0.3 is 4.74 Å². The Morgan fingerprint density at radius 3 is 2.15 bits per heavy atom. The molecular weight excluding hydrogens is 357 g/mol. The smallest absolute Gasteiger partial charge is 0.243 e. The molecule has 5 nitrogen and oxygen atoms in total. The number of ether oxygens (including phenoxy) is 1. The van der Waals surface area contributed by atoms with Crippen LogP contribution in [0.3, 0.4) is 0 Å². The van der Waals surface area contributed by atoms with Crippen LogP contribution in [0.2, 0.25) is 0 Å². The van der Waals surface area contributed by atoms with Crippen LogP contribution < -0.4 is 4.74 Å². The molecule has 1 aliphatic heterocycles. The van der Waals surface area contributed by atoms with E-state index in [1.54, 1.807) is 12.1 Å². The summed E-state index contributed by atoms with van der Waals surface area (Å²) < 4.78 is 44.9. The lowest BCUT2D eigenvalue weighted by Crippen LogP contribution is -2.40. The topological polar surface area (TPSA) is 63.7 Å². The number of hydrogen-bond acceptors (Lipinski definition) is 4. The molecule has 138 valence electrons. The van der Waals surface area contributed by atoms with Gasteiger partial charge in [0, 0.05) is 24.6 Å². The van der Waals surface area contributed by atoms with Crippen molar-refractivity contribution in [1.82, 2.24) is 4.31 Å². The molecule has 0 bridgehead atoms. The summed E-state index contributed by atoms with van der Waals surface area (Å²) in [4.78, 5) is 12.7. The van der Waals surface area contributed by atoms with Crippen molar-refractivity contribution < 1.29 is 22.3 Å². The van der Waals surface area contributed by atoms with Gasteiger partial charge in [-0.2, -0.15) is 4.31 Å². The number of piperidine rings is 1. The van der Waals surface area contributed by atoms with Crippen LogP contribution in [0.4, 0.5) is 4.39 Å². The number of ketones is 1. The van der Waals surface area contributed by atoms with Gasteiger partial charge in [0.25, 0.3) is 0 Å². The van der Waals surface area contributed by atoms with Gasteiger partial charge in [0.05, 0.1) is 12.0 Å². The molecule has 26 heavy (non-hydrogen) atoms. The molecule has 0 N–H and O–H groups in total. The van der Waals surface area contributed by atoms with E-state index in [9.17, 15) is 17.6 Å². The summed E-state index contributed by atoms with van der Waals surface area (Å²) in [6.45, 7) is 0.567. The zero-order valence-corrected chi connectivity index (χ0v) is 15.2. The Hall–Kier alpha value is -2.25. The fourth-order valence-corrected chi connectivity index (χ4v) is 4.57. The van der Waals surface area contributed by atoms with Gasteiger partial charge in [-0.3, -0.25) is 4.79 Å². The van der Waals surface area contributed by atoms with Gasteiger partial charge in [-0.1, -0.05) is 0 Å². The van der Waals surface area contributed by atoms with E-state index in [0.29, 0.717) is 24.2 Å². The molecule has 0 amide bonds. The second-order valence-electron chi connectivity index (χ2n) is 6.23. The zero-order valence-electron chi connectivity index (χ0n) is 14.4. The molecule has 2 aromatic carbocycles. The molecule has 0 aromatic heterocycles. The van der Waals surface area contributed by atoms with Crippen LogP contribution >= 0.6 is 0 Å². The van der Waals surface area contributed by atoms with E-state index in [4.69, 9.17) is 4.74 Å². The number of halogens is 1. The number of rotatable bonds is 5. The van der Waals surface area contributed by atoms with Crippen molar-refractivity contribution >= 4 is 15.8 Å². The van der Waals surface area contributed by atoms with Crippen LogP contribution in [0.15, 0.2) is 53.4 Å². The molecular formula is C19H20FNO4S. The van der Waals surface area contributed by atoms with Crippen LogP contribution in [-0.4, -0.2) is 38.7 Å². The zero-order chi connectivity index (χ0) is 18.7. The molecule has 7 heteroatoms. The predicted octanol–water partition coefficient (Wildman–Crippen LogP) is 3.12. The standard InChI is InChI=1S/C19H20FNO4S/c1-25-17-6-8-18(9-7-17)26(23,24)21-12-10-15(11-13-21)19(22)14-2-4-16(20)5-3-14/h2-9,15H,10-13H2,1H3. The van der Waals surface area contributed by atoms with Gasteiger partial charge in [0.2, 0.25) is 10.0 Å². The maximum atomic E-state index is 13.0. The number of carbonyl (C=O) groups excluding carboxylic acids is 1. The minimum absolute atomic E-state index is 0.0634. The number of hydrogen-bond donors (Lipinski definition) is 0. The SMILES string of the molecule is COc1ccc(S(=O)(=O)N2CCC(C(=O)c3ccc(F)cc3)CC2)cc1. The van der Waals surface area contributed by atoms with Crippen LogP contribution in [-0.2, 0) is 10.0 Å². The van der Waals surface area contributed by atoms with Crippen LogP contribution in [0.5, 0.6) is 5.75 Å². The number of methoxy groups -OCH3 is 1. The number of benzene rings is 2. The van der Waals surface area contributed by atoms with Gasteiger partial charge in [-0.15, -0.1) is 0 Å². The first-order valence-electron chi connectivity index (χ1n) is 8.36. The van der Waals surface area contributed by atoms with Gasteiger partial charge in [0.1, 0.15) is 11.6 Å². The Morgan fingerprint density at radius 2 is 1.62 bits per heavy atom. The summed E-state index contributed by atoms with van der Waals surface area (Å²) in [5.41, 5.74) is 0.461. The summed E-state index contributed by atoms with van der Waals surface area (Å²) in [6.07, 6.45) is 0.900. The monoisotopic (exact) mass is 377 g/mol. The average molecular weight is 377 g/mol. The summed E-state index contributed by atoms with van der Waals surface area (Å²) in [5, 5.41) is 0. The molecule has 0 atom stereocenters. The van der Waals surface area contributed by atoms with Crippen LogP contribution in [0, 0.1) is 11.7 Å². The number of carbonyl (C=O) groups is 1. The molecule has 1 heterocycles. The lowest BCUT2D eigenvalue weighted by Gasteiger charge is -2.30. The maximum absolute atomic E-state index is 13.0. The lowest BCUT2D eigenvalue weighted by atomic mass is 9.90. The third kappa shape index (κ3) is 3.78. The Bertz CT molecular complexity index is 871. The quantitative estimate of drug-likeness (QED) is 0.751. The Kier molecular flexibility index (Phi) is 5.38. The van der Waals surface area contributed by atoms with Gasteiger partial charge in [0.15, 0.2) is 5.78 Å². The second-order valence-corrected chi connectivity index (χ2v) is 8.16. The fraction of sp³-hybridized carbons (Fsp3) is 0.316. The molecule has 1 aliphatic rings. The fourth-order valence-electron chi connectivity index (χ4n) is 3.10. The Morgan fingerprint density at radius 1 is 1.04 bits per heavy atom. The Balaban J connectivity index is 1.67. The number of nitrogens with zero attached hydrogens (tertiary/aromatic N) is 1. The van der Waals surface area contributed by atoms with Crippen molar-refractivity contribution in [2.75, 3.05) is 20.2 Å². The molecule has 0 aliphatic carbocycles. The highest BCUT2D eigenvalue weighted by Gasteiger charge is 2.32. The second kappa shape index (κ2) is 7.55. The van der Waals surface area contributed by atoms with Crippen molar-refractivity contribution in [3.63, 3.8) is 0 Å². The van der Waals surface area contributed by atoms with E-state index in [-0.39, 0.29) is 35.5 Å². The molecule has 0 unspecified atom stereocenters. The normalized spacial score (nSPS) is 16.4. The van der Waals surface area contributed by atoms with Crippen molar-refractivity contribution in [2.45, 2.75) is 17.7 Å². The van der Waals surface area contributed by atoms with Gasteiger partial charge in [-0.25, -0.2) is 12.8 Å². The van der Waals surface area contributed by atoms with E-state index >= 15 is 0 Å². The first-order valence-corrected chi connectivity index (χ1v) is 9.80. The van der Waals surface area contributed by atoms with Crippen LogP contribution in [0.25, 0.3) is 0 Å². The number of Topliss-reactive ketones (excluding diaryl/α,β-unsaturated/α-hetero) is 1. The van der Waals surface area contributed by atoms with E-state index in [1.807, 2.05) is 0 Å². The molecule has 0 spiro atoms. The largest absolute Gasteiger partial charge is 0.497 e. The molecule has 0 radical (unpaired) electrons. The molecule has 0 saturated carbocycles. The summed E-state index contributed by atoms with van der Waals surface area (Å²) in [6, 6.07) is 11.7.